The second-order valence-corrected chi connectivity index (χ2v) is 10.4. The van der Waals surface area contributed by atoms with E-state index in [1.165, 1.54) is 51.0 Å². The van der Waals surface area contributed by atoms with Crippen LogP contribution in [0, 0.1) is 28.6 Å². The molecule has 1 N–H and O–H groups in total. The van der Waals surface area contributed by atoms with Crippen molar-refractivity contribution in [2.75, 3.05) is 0 Å². The number of rotatable bonds is 3. The fourth-order valence-electron chi connectivity index (χ4n) is 7.52. The number of fused-ring (bicyclic) bond motifs is 5. The van der Waals surface area contributed by atoms with Crippen molar-refractivity contribution in [1.29, 1.82) is 0 Å². The van der Waals surface area contributed by atoms with Crippen molar-refractivity contribution in [2.24, 2.45) is 28.6 Å². The van der Waals surface area contributed by atoms with Gasteiger partial charge in [-0.3, -0.25) is 9.78 Å². The number of hydroxylamine groups is 1. The van der Waals surface area contributed by atoms with Gasteiger partial charge in [0.1, 0.15) is 0 Å². The first kappa shape index (κ1) is 20.0. The molecule has 4 aliphatic rings. The lowest BCUT2D eigenvalue weighted by atomic mass is 9.46. The summed E-state index contributed by atoms with van der Waals surface area (Å²) in [5.41, 5.74) is 8.02. The minimum Gasteiger partial charge on any atom is -0.370 e. The Kier molecular flexibility index (Phi) is 4.89. The van der Waals surface area contributed by atoms with Crippen LogP contribution in [0.4, 0.5) is 0 Å². The average Bonchev–Trinajstić information content (AvgIpc) is 3.10. The molecule has 5 unspecified atom stereocenters. The Hall–Kier alpha value is -1.94. The zero-order valence-corrected chi connectivity index (χ0v) is 18.5. The Bertz CT molecular complexity index is 892. The Morgan fingerprint density at radius 2 is 2.00 bits per heavy atom. The van der Waals surface area contributed by atoms with Gasteiger partial charge in [-0.2, -0.15) is 0 Å². The number of hydrogen-bond donors (Lipinski definition) is 1. The van der Waals surface area contributed by atoms with E-state index in [-0.39, 0.29) is 17.4 Å². The van der Waals surface area contributed by atoms with Crippen LogP contribution in [0.3, 0.4) is 0 Å². The number of pyridine rings is 1. The van der Waals surface area contributed by atoms with Crippen LogP contribution in [-0.2, 0) is 9.63 Å². The SMILES string of the molecule is CC(=O)ONC1C=C2CCC3C(CC[C@]4(C)C(c5cccnc5)=CCC34)C2(C)CC1. The number of carbonyl (C=O) groups excluding carboxylic acids is 1. The monoisotopic (exact) mass is 406 g/mol. The number of hydrogen-bond acceptors (Lipinski definition) is 4. The second-order valence-electron chi connectivity index (χ2n) is 10.4. The van der Waals surface area contributed by atoms with Gasteiger partial charge in [-0.25, -0.2) is 0 Å². The zero-order chi connectivity index (χ0) is 20.9. The molecular formula is C26H34N2O2. The van der Waals surface area contributed by atoms with Gasteiger partial charge in [0.2, 0.25) is 0 Å². The van der Waals surface area contributed by atoms with E-state index in [9.17, 15) is 4.79 Å². The van der Waals surface area contributed by atoms with Crippen molar-refractivity contribution in [3.63, 3.8) is 0 Å². The third-order valence-electron chi connectivity index (χ3n) is 9.02. The molecule has 0 bridgehead atoms. The largest absolute Gasteiger partial charge is 0.370 e. The molecule has 5 rings (SSSR count). The molecule has 6 atom stereocenters. The van der Waals surface area contributed by atoms with Gasteiger partial charge in [-0.1, -0.05) is 37.6 Å². The van der Waals surface area contributed by atoms with Crippen LogP contribution in [0.1, 0.15) is 71.3 Å². The van der Waals surface area contributed by atoms with Gasteiger partial charge in [-0.05, 0) is 90.7 Å². The average molecular weight is 407 g/mol. The zero-order valence-electron chi connectivity index (χ0n) is 18.5. The van der Waals surface area contributed by atoms with Crippen molar-refractivity contribution in [3.05, 3.63) is 47.8 Å². The van der Waals surface area contributed by atoms with Crippen molar-refractivity contribution in [2.45, 2.75) is 71.8 Å². The van der Waals surface area contributed by atoms with Crippen LogP contribution in [0.2, 0.25) is 0 Å². The first-order chi connectivity index (χ1) is 14.4. The Balaban J connectivity index is 1.37. The summed E-state index contributed by atoms with van der Waals surface area (Å²) in [6.45, 7) is 6.49. The molecule has 2 saturated carbocycles. The summed E-state index contributed by atoms with van der Waals surface area (Å²) in [5.74, 6) is 2.05. The molecule has 1 heterocycles. The van der Waals surface area contributed by atoms with E-state index >= 15 is 0 Å². The maximum absolute atomic E-state index is 11.2. The number of carbonyl (C=O) groups is 1. The minimum atomic E-state index is -0.268. The molecule has 4 heteroatoms. The van der Waals surface area contributed by atoms with Gasteiger partial charge in [0.05, 0.1) is 6.04 Å². The first-order valence-electron chi connectivity index (χ1n) is 11.7. The van der Waals surface area contributed by atoms with E-state index in [2.05, 4.69) is 48.6 Å². The summed E-state index contributed by atoms with van der Waals surface area (Å²) >= 11 is 0. The van der Waals surface area contributed by atoms with E-state index in [1.807, 2.05) is 12.4 Å². The summed E-state index contributed by atoms with van der Waals surface area (Å²) in [6.07, 6.45) is 17.3. The number of aromatic nitrogens is 1. The molecule has 2 fully saturated rings. The quantitative estimate of drug-likeness (QED) is 0.534. The van der Waals surface area contributed by atoms with E-state index in [1.54, 1.807) is 11.1 Å². The molecule has 0 saturated heterocycles. The van der Waals surface area contributed by atoms with E-state index in [0.29, 0.717) is 5.41 Å². The molecule has 4 nitrogen and oxygen atoms in total. The fraction of sp³-hybridized carbons (Fsp3) is 0.615. The van der Waals surface area contributed by atoms with Gasteiger partial charge in [0, 0.05) is 19.3 Å². The van der Waals surface area contributed by atoms with E-state index < -0.39 is 0 Å². The Morgan fingerprint density at radius 3 is 2.77 bits per heavy atom. The Labute approximate surface area is 180 Å². The van der Waals surface area contributed by atoms with Crippen molar-refractivity contribution >= 4 is 11.5 Å². The number of allylic oxidation sites excluding steroid dienone is 3. The summed E-state index contributed by atoms with van der Waals surface area (Å²) in [7, 11) is 0. The van der Waals surface area contributed by atoms with Gasteiger partial charge in [0.25, 0.3) is 0 Å². The van der Waals surface area contributed by atoms with Crippen molar-refractivity contribution in [1.82, 2.24) is 10.5 Å². The minimum absolute atomic E-state index is 0.160. The summed E-state index contributed by atoms with van der Waals surface area (Å²) in [5, 5.41) is 0. The standard InChI is InChI=1S/C26H34N2O2/c1-17(29)30-28-20-10-12-25(2)19(15-20)6-7-21-23-9-8-22(18-5-4-14-27-16-18)26(23,3)13-11-24(21)25/h4-5,8,14-16,20-21,23-24,28H,6-7,9-13H2,1-3H3/t20?,21?,23?,24?,25?,26-/m1/s1. The molecule has 1 aromatic heterocycles. The lowest BCUT2D eigenvalue weighted by Gasteiger charge is -2.58. The van der Waals surface area contributed by atoms with Crippen LogP contribution in [0.5, 0.6) is 0 Å². The maximum atomic E-state index is 11.2. The normalized spacial score (nSPS) is 39.8. The molecular weight excluding hydrogens is 372 g/mol. The topological polar surface area (TPSA) is 51.2 Å². The Morgan fingerprint density at radius 1 is 1.17 bits per heavy atom. The van der Waals surface area contributed by atoms with Gasteiger partial charge >= 0.3 is 5.97 Å². The van der Waals surface area contributed by atoms with Crippen LogP contribution >= 0.6 is 0 Å². The van der Waals surface area contributed by atoms with Gasteiger partial charge in [-0.15, -0.1) is 5.48 Å². The molecule has 0 aromatic carbocycles. The van der Waals surface area contributed by atoms with E-state index in [0.717, 1.165) is 24.2 Å². The lowest BCUT2D eigenvalue weighted by Crippen LogP contribution is -2.50. The summed E-state index contributed by atoms with van der Waals surface area (Å²) in [4.78, 5) is 20.6. The number of nitrogens with one attached hydrogen (secondary N) is 1. The second kappa shape index (κ2) is 7.33. The highest BCUT2D eigenvalue weighted by molar-refractivity contribution is 5.72. The third-order valence-corrected chi connectivity index (χ3v) is 9.02. The van der Waals surface area contributed by atoms with E-state index in [4.69, 9.17) is 4.84 Å². The molecule has 160 valence electrons. The third kappa shape index (κ3) is 3.07. The molecule has 1 aromatic rings. The number of nitrogens with zero attached hydrogens (tertiary/aromatic N) is 1. The van der Waals surface area contributed by atoms with Crippen LogP contribution in [-0.4, -0.2) is 17.0 Å². The molecule has 4 aliphatic carbocycles. The fourth-order valence-corrected chi connectivity index (χ4v) is 7.52. The molecule has 30 heavy (non-hydrogen) atoms. The highest BCUT2D eigenvalue weighted by Crippen LogP contribution is 2.66. The van der Waals surface area contributed by atoms with Gasteiger partial charge < -0.3 is 4.84 Å². The highest BCUT2D eigenvalue weighted by atomic mass is 16.7. The first-order valence-corrected chi connectivity index (χ1v) is 11.7. The van der Waals surface area contributed by atoms with Gasteiger partial charge in [0.15, 0.2) is 0 Å². The summed E-state index contributed by atoms with van der Waals surface area (Å²) in [6, 6.07) is 4.46. The van der Waals surface area contributed by atoms with Crippen LogP contribution in [0.15, 0.2) is 42.3 Å². The molecule has 0 radical (unpaired) electrons. The van der Waals surface area contributed by atoms with Crippen molar-refractivity contribution in [3.8, 4) is 0 Å². The van der Waals surface area contributed by atoms with Crippen LogP contribution < -0.4 is 5.48 Å². The maximum Gasteiger partial charge on any atom is 0.321 e. The lowest BCUT2D eigenvalue weighted by molar-refractivity contribution is -0.149. The smallest absolute Gasteiger partial charge is 0.321 e. The highest BCUT2D eigenvalue weighted by Gasteiger charge is 2.57. The predicted octanol–water partition coefficient (Wildman–Crippen LogP) is 5.47. The summed E-state index contributed by atoms with van der Waals surface area (Å²) < 4.78 is 0. The molecule has 0 aliphatic heterocycles. The predicted molar refractivity (Wildman–Crippen MR) is 118 cm³/mol. The van der Waals surface area contributed by atoms with Crippen LogP contribution in [0.25, 0.3) is 5.57 Å². The molecule has 0 amide bonds. The molecule has 0 spiro atoms. The van der Waals surface area contributed by atoms with Crippen molar-refractivity contribution < 1.29 is 9.63 Å².